The maximum atomic E-state index is 12.5. The van der Waals surface area contributed by atoms with E-state index in [-0.39, 0.29) is 11.6 Å². The van der Waals surface area contributed by atoms with Gasteiger partial charge in [0.05, 0.1) is 12.6 Å². The molecule has 0 atom stereocenters. The molecule has 5 nitrogen and oxygen atoms in total. The number of benzene rings is 1. The highest BCUT2D eigenvalue weighted by molar-refractivity contribution is 5.90. The Morgan fingerprint density at radius 3 is 2.71 bits per heavy atom. The predicted octanol–water partition coefficient (Wildman–Crippen LogP) is 2.82. The average Bonchev–Trinajstić information content (AvgIpc) is 2.54. The monoisotopic (exact) mass is 291 g/mol. The number of nitrogens with zero attached hydrogens (tertiary/aromatic N) is 1. The summed E-state index contributed by atoms with van der Waals surface area (Å²) in [5, 5.41) is 2.92. The zero-order valence-electron chi connectivity index (χ0n) is 12.9. The van der Waals surface area contributed by atoms with Crippen LogP contribution in [0.25, 0.3) is 0 Å². The quantitative estimate of drug-likeness (QED) is 0.896. The number of ether oxygens (including phenoxy) is 1. The molecule has 0 aliphatic heterocycles. The number of amides is 2. The number of methoxy groups -OCH3 is 1. The third kappa shape index (κ3) is 3.47. The smallest absolute Gasteiger partial charge is 0.322 e. The van der Waals surface area contributed by atoms with Crippen molar-refractivity contribution >= 4 is 11.7 Å². The molecule has 1 saturated carbocycles. The standard InChI is InChI=1S/C16H25N3O2/c1-19(16(12-17)9-4-3-5-10-16)15(20)18-13-7-6-8-14(11-13)21-2/h6-8,11H,3-5,9-10,12,17H2,1-2H3,(H,18,20). The Balaban J connectivity index is 2.07. The summed E-state index contributed by atoms with van der Waals surface area (Å²) < 4.78 is 5.17. The van der Waals surface area contributed by atoms with Gasteiger partial charge in [0, 0.05) is 25.3 Å². The Morgan fingerprint density at radius 2 is 2.10 bits per heavy atom. The third-order valence-electron chi connectivity index (χ3n) is 4.50. The van der Waals surface area contributed by atoms with Crippen molar-refractivity contribution in [2.45, 2.75) is 37.6 Å². The Labute approximate surface area is 126 Å². The fourth-order valence-electron chi connectivity index (χ4n) is 3.01. The van der Waals surface area contributed by atoms with E-state index >= 15 is 0 Å². The van der Waals surface area contributed by atoms with Crippen LogP contribution in [0.4, 0.5) is 10.5 Å². The normalized spacial score (nSPS) is 17.1. The summed E-state index contributed by atoms with van der Waals surface area (Å²) in [6.45, 7) is 0.509. The SMILES string of the molecule is COc1cccc(NC(=O)N(C)C2(CN)CCCCC2)c1. The highest BCUT2D eigenvalue weighted by atomic mass is 16.5. The molecule has 0 heterocycles. The molecule has 0 aromatic heterocycles. The molecule has 0 saturated heterocycles. The number of hydrogen-bond donors (Lipinski definition) is 2. The van der Waals surface area contributed by atoms with Crippen molar-refractivity contribution in [2.24, 2.45) is 5.73 Å². The number of nitrogens with two attached hydrogens (primary N) is 1. The highest BCUT2D eigenvalue weighted by Crippen LogP contribution is 2.32. The second-order valence-electron chi connectivity index (χ2n) is 5.71. The van der Waals surface area contributed by atoms with Gasteiger partial charge in [-0.25, -0.2) is 4.79 Å². The van der Waals surface area contributed by atoms with Gasteiger partial charge >= 0.3 is 6.03 Å². The molecule has 1 aliphatic carbocycles. The lowest BCUT2D eigenvalue weighted by Gasteiger charge is -2.43. The molecule has 0 radical (unpaired) electrons. The lowest BCUT2D eigenvalue weighted by atomic mass is 9.80. The molecule has 0 spiro atoms. The van der Waals surface area contributed by atoms with Gasteiger partial charge in [-0.1, -0.05) is 25.3 Å². The fourth-order valence-corrected chi connectivity index (χ4v) is 3.01. The molecule has 5 heteroatoms. The van der Waals surface area contributed by atoms with Gasteiger partial charge in [-0.15, -0.1) is 0 Å². The Hall–Kier alpha value is -1.75. The molecule has 0 bridgehead atoms. The van der Waals surface area contributed by atoms with E-state index in [0.717, 1.165) is 37.1 Å². The van der Waals surface area contributed by atoms with Gasteiger partial charge in [0.2, 0.25) is 0 Å². The van der Waals surface area contributed by atoms with E-state index in [0.29, 0.717) is 6.54 Å². The minimum absolute atomic E-state index is 0.115. The Morgan fingerprint density at radius 1 is 1.38 bits per heavy atom. The summed E-state index contributed by atoms with van der Waals surface area (Å²) in [5.41, 5.74) is 6.50. The van der Waals surface area contributed by atoms with Gasteiger partial charge in [-0.2, -0.15) is 0 Å². The van der Waals surface area contributed by atoms with Crippen LogP contribution in [-0.2, 0) is 0 Å². The fraction of sp³-hybridized carbons (Fsp3) is 0.562. The van der Waals surface area contributed by atoms with E-state index in [1.807, 2.05) is 31.3 Å². The van der Waals surface area contributed by atoms with E-state index in [9.17, 15) is 4.79 Å². The van der Waals surface area contributed by atoms with Gasteiger partial charge in [0.15, 0.2) is 0 Å². The first-order valence-electron chi connectivity index (χ1n) is 7.50. The van der Waals surface area contributed by atoms with Crippen molar-refractivity contribution in [3.8, 4) is 5.75 Å². The number of anilines is 1. The van der Waals surface area contributed by atoms with Crippen LogP contribution in [0.2, 0.25) is 0 Å². The predicted molar refractivity (Wildman–Crippen MR) is 84.6 cm³/mol. The maximum Gasteiger partial charge on any atom is 0.322 e. The van der Waals surface area contributed by atoms with Crippen molar-refractivity contribution in [1.82, 2.24) is 4.90 Å². The van der Waals surface area contributed by atoms with Crippen LogP contribution >= 0.6 is 0 Å². The Bertz CT molecular complexity index is 484. The molecule has 1 aromatic carbocycles. The molecular formula is C16H25N3O2. The zero-order valence-corrected chi connectivity index (χ0v) is 12.9. The van der Waals surface area contributed by atoms with Gasteiger partial charge in [0.25, 0.3) is 0 Å². The molecule has 21 heavy (non-hydrogen) atoms. The summed E-state index contributed by atoms with van der Waals surface area (Å²) in [6, 6.07) is 7.25. The second kappa shape index (κ2) is 6.80. The van der Waals surface area contributed by atoms with Crippen molar-refractivity contribution in [2.75, 3.05) is 26.0 Å². The number of nitrogens with one attached hydrogen (secondary N) is 1. The van der Waals surface area contributed by atoms with Crippen molar-refractivity contribution < 1.29 is 9.53 Å². The van der Waals surface area contributed by atoms with Crippen LogP contribution in [0.15, 0.2) is 24.3 Å². The summed E-state index contributed by atoms with van der Waals surface area (Å²) in [5.74, 6) is 0.724. The molecule has 116 valence electrons. The molecule has 2 amide bonds. The van der Waals surface area contributed by atoms with Crippen molar-refractivity contribution in [1.29, 1.82) is 0 Å². The van der Waals surface area contributed by atoms with E-state index < -0.39 is 0 Å². The van der Waals surface area contributed by atoms with Gasteiger partial charge < -0.3 is 20.7 Å². The van der Waals surface area contributed by atoms with E-state index in [1.54, 1.807) is 12.0 Å². The van der Waals surface area contributed by atoms with Gasteiger partial charge in [0.1, 0.15) is 5.75 Å². The van der Waals surface area contributed by atoms with Crippen molar-refractivity contribution in [3.05, 3.63) is 24.3 Å². The summed E-state index contributed by atoms with van der Waals surface area (Å²) in [7, 11) is 3.45. The number of rotatable bonds is 4. The minimum atomic E-state index is -0.207. The topological polar surface area (TPSA) is 67.6 Å². The number of urea groups is 1. The van der Waals surface area contributed by atoms with E-state index in [1.165, 1.54) is 6.42 Å². The number of carbonyl (C=O) groups excluding carboxylic acids is 1. The maximum absolute atomic E-state index is 12.5. The van der Waals surface area contributed by atoms with Gasteiger partial charge in [-0.05, 0) is 25.0 Å². The van der Waals surface area contributed by atoms with Gasteiger partial charge in [-0.3, -0.25) is 0 Å². The van der Waals surface area contributed by atoms with E-state index in [2.05, 4.69) is 5.32 Å². The van der Waals surface area contributed by atoms with Crippen LogP contribution in [0, 0.1) is 0 Å². The van der Waals surface area contributed by atoms with Crippen LogP contribution in [0.1, 0.15) is 32.1 Å². The number of likely N-dealkylation sites (N-methyl/N-ethyl adjacent to an activating group) is 1. The summed E-state index contributed by atoms with van der Waals surface area (Å²) in [6.07, 6.45) is 5.45. The lowest BCUT2D eigenvalue weighted by molar-refractivity contribution is 0.112. The van der Waals surface area contributed by atoms with Crippen LogP contribution < -0.4 is 15.8 Å². The average molecular weight is 291 g/mol. The largest absolute Gasteiger partial charge is 0.497 e. The minimum Gasteiger partial charge on any atom is -0.497 e. The van der Waals surface area contributed by atoms with Crippen molar-refractivity contribution in [3.63, 3.8) is 0 Å². The number of carbonyl (C=O) groups is 1. The van der Waals surface area contributed by atoms with Crippen LogP contribution in [0.3, 0.4) is 0 Å². The molecule has 3 N–H and O–H groups in total. The summed E-state index contributed by atoms with van der Waals surface area (Å²) in [4.78, 5) is 14.3. The van der Waals surface area contributed by atoms with E-state index in [4.69, 9.17) is 10.5 Å². The highest BCUT2D eigenvalue weighted by Gasteiger charge is 2.37. The molecule has 0 unspecified atom stereocenters. The molecule has 2 rings (SSSR count). The van der Waals surface area contributed by atoms with Crippen LogP contribution in [-0.4, -0.2) is 37.2 Å². The second-order valence-corrected chi connectivity index (χ2v) is 5.71. The van der Waals surface area contributed by atoms with Crippen LogP contribution in [0.5, 0.6) is 5.75 Å². The first-order valence-corrected chi connectivity index (χ1v) is 7.50. The zero-order chi connectivity index (χ0) is 15.3. The summed E-state index contributed by atoms with van der Waals surface area (Å²) >= 11 is 0. The third-order valence-corrected chi connectivity index (χ3v) is 4.50. The molecule has 1 aromatic rings. The Kier molecular flexibility index (Phi) is 5.07. The first-order chi connectivity index (χ1) is 10.1. The molecular weight excluding hydrogens is 266 g/mol. The molecule has 1 aliphatic rings. The molecule has 1 fully saturated rings. The number of hydrogen-bond acceptors (Lipinski definition) is 3. The lowest BCUT2D eigenvalue weighted by Crippen LogP contribution is -2.56. The first kappa shape index (κ1) is 15.6.